The molecule has 1 aliphatic heterocycles. The lowest BCUT2D eigenvalue weighted by Gasteiger charge is -2.25. The van der Waals surface area contributed by atoms with Gasteiger partial charge in [-0.2, -0.15) is 0 Å². The van der Waals surface area contributed by atoms with Crippen LogP contribution in [0.2, 0.25) is 0 Å². The van der Waals surface area contributed by atoms with E-state index in [2.05, 4.69) is 25.2 Å². The fourth-order valence-electron chi connectivity index (χ4n) is 1.74. The third-order valence-electron chi connectivity index (χ3n) is 2.85. The van der Waals surface area contributed by atoms with Crippen LogP contribution in [0.5, 0.6) is 0 Å². The molecule has 1 saturated heterocycles. The molecule has 1 fully saturated rings. The maximum Gasteiger partial charge on any atom is 0.232 e. The van der Waals surface area contributed by atoms with Crippen molar-refractivity contribution in [1.29, 1.82) is 0 Å². The molecule has 0 unspecified atom stereocenters. The molecule has 1 N–H and O–H groups in total. The fraction of sp³-hybridized carbons (Fsp3) is 0.462. The largest absolute Gasteiger partial charge is 0.380 e. The molecule has 2 rings (SSSR count). The third kappa shape index (κ3) is 2.25. The van der Waals surface area contributed by atoms with Crippen LogP contribution in [0.15, 0.2) is 24.3 Å². The number of para-hydroxylation sites is 1. The topological polar surface area (TPSA) is 38.3 Å². The third-order valence-corrected chi connectivity index (χ3v) is 2.85. The maximum absolute atomic E-state index is 11.8. The highest BCUT2D eigenvalue weighted by Crippen LogP contribution is 2.24. The van der Waals surface area contributed by atoms with E-state index in [0.29, 0.717) is 19.1 Å². The zero-order chi connectivity index (χ0) is 11.5. The van der Waals surface area contributed by atoms with E-state index < -0.39 is 0 Å². The van der Waals surface area contributed by atoms with E-state index in [1.807, 2.05) is 18.2 Å². The maximum atomic E-state index is 11.8. The first kappa shape index (κ1) is 11.1. The van der Waals surface area contributed by atoms with Crippen LogP contribution in [0, 0.1) is 5.92 Å². The summed E-state index contributed by atoms with van der Waals surface area (Å²) in [6, 6.07) is 7.94. The second-order valence-corrected chi connectivity index (χ2v) is 4.47. The summed E-state index contributed by atoms with van der Waals surface area (Å²) in [5.74, 6) is 0.508. The molecular weight excluding hydrogens is 202 g/mol. The summed E-state index contributed by atoms with van der Waals surface area (Å²) in [7, 11) is 0. The van der Waals surface area contributed by atoms with Crippen molar-refractivity contribution in [1.82, 2.24) is 0 Å². The van der Waals surface area contributed by atoms with Gasteiger partial charge in [0.2, 0.25) is 5.91 Å². The van der Waals surface area contributed by atoms with Gasteiger partial charge in [-0.3, -0.25) is 4.79 Å². The van der Waals surface area contributed by atoms with E-state index in [4.69, 9.17) is 4.74 Å². The van der Waals surface area contributed by atoms with Crippen molar-refractivity contribution in [2.24, 2.45) is 5.92 Å². The molecule has 16 heavy (non-hydrogen) atoms. The van der Waals surface area contributed by atoms with Crippen molar-refractivity contribution in [3.05, 3.63) is 29.8 Å². The molecule has 0 aromatic heterocycles. The Hall–Kier alpha value is -1.35. The first-order chi connectivity index (χ1) is 7.68. The van der Waals surface area contributed by atoms with Gasteiger partial charge in [0.25, 0.3) is 0 Å². The summed E-state index contributed by atoms with van der Waals surface area (Å²) < 4.78 is 5.01. The minimum Gasteiger partial charge on any atom is -0.380 e. The van der Waals surface area contributed by atoms with Crippen LogP contribution in [-0.4, -0.2) is 19.1 Å². The first-order valence-corrected chi connectivity index (χ1v) is 5.66. The Morgan fingerprint density at radius 1 is 1.38 bits per heavy atom. The monoisotopic (exact) mass is 219 g/mol. The van der Waals surface area contributed by atoms with Crippen molar-refractivity contribution in [3.63, 3.8) is 0 Å². The SMILES string of the molecule is CC(C)c1ccccc1NC(=O)C1COC1. The average molecular weight is 219 g/mol. The van der Waals surface area contributed by atoms with Crippen LogP contribution >= 0.6 is 0 Å². The Kier molecular flexibility index (Phi) is 3.25. The highest BCUT2D eigenvalue weighted by atomic mass is 16.5. The van der Waals surface area contributed by atoms with Gasteiger partial charge >= 0.3 is 0 Å². The Bertz CT molecular complexity index is 383. The molecule has 1 heterocycles. The molecule has 0 radical (unpaired) electrons. The van der Waals surface area contributed by atoms with E-state index in [-0.39, 0.29) is 11.8 Å². The first-order valence-electron chi connectivity index (χ1n) is 5.66. The number of hydrogen-bond acceptors (Lipinski definition) is 2. The summed E-state index contributed by atoms with van der Waals surface area (Å²) in [5.41, 5.74) is 2.10. The van der Waals surface area contributed by atoms with Gasteiger partial charge in [0, 0.05) is 5.69 Å². The van der Waals surface area contributed by atoms with E-state index in [0.717, 1.165) is 5.69 Å². The van der Waals surface area contributed by atoms with Gasteiger partial charge in [-0.1, -0.05) is 32.0 Å². The zero-order valence-corrected chi connectivity index (χ0v) is 9.69. The molecule has 1 aromatic carbocycles. The molecule has 1 aromatic rings. The van der Waals surface area contributed by atoms with Gasteiger partial charge in [-0.05, 0) is 17.5 Å². The predicted molar refractivity (Wildman–Crippen MR) is 63.5 cm³/mol. The van der Waals surface area contributed by atoms with Crippen molar-refractivity contribution in [2.45, 2.75) is 19.8 Å². The van der Waals surface area contributed by atoms with Gasteiger partial charge in [0.1, 0.15) is 0 Å². The minimum atomic E-state index is 0.0280. The average Bonchev–Trinajstić information content (AvgIpc) is 2.15. The Balaban J connectivity index is 2.10. The number of amides is 1. The lowest BCUT2D eigenvalue weighted by atomic mass is 10.0. The second kappa shape index (κ2) is 4.66. The second-order valence-electron chi connectivity index (χ2n) is 4.47. The molecule has 0 spiro atoms. The predicted octanol–water partition coefficient (Wildman–Crippen LogP) is 2.39. The van der Waals surface area contributed by atoms with E-state index in [9.17, 15) is 4.79 Å². The molecule has 86 valence electrons. The van der Waals surface area contributed by atoms with Gasteiger partial charge in [0.05, 0.1) is 19.1 Å². The van der Waals surface area contributed by atoms with Crippen molar-refractivity contribution in [3.8, 4) is 0 Å². The van der Waals surface area contributed by atoms with Crippen LogP contribution < -0.4 is 5.32 Å². The van der Waals surface area contributed by atoms with Crippen LogP contribution in [0.1, 0.15) is 25.3 Å². The number of hydrogen-bond donors (Lipinski definition) is 1. The lowest BCUT2D eigenvalue weighted by Crippen LogP contribution is -2.38. The molecule has 0 bridgehead atoms. The molecule has 1 aliphatic rings. The Morgan fingerprint density at radius 2 is 2.06 bits per heavy atom. The van der Waals surface area contributed by atoms with Gasteiger partial charge in [0.15, 0.2) is 0 Å². The number of benzene rings is 1. The molecule has 3 heteroatoms. The lowest BCUT2D eigenvalue weighted by molar-refractivity contribution is -0.133. The van der Waals surface area contributed by atoms with Crippen molar-refractivity contribution < 1.29 is 9.53 Å². The standard InChI is InChI=1S/C13H17NO2/c1-9(2)11-5-3-4-6-12(11)14-13(15)10-7-16-8-10/h3-6,9-10H,7-8H2,1-2H3,(H,14,15). The number of ether oxygens (including phenoxy) is 1. The van der Waals surface area contributed by atoms with Gasteiger partial charge in [-0.25, -0.2) is 0 Å². The quantitative estimate of drug-likeness (QED) is 0.847. The summed E-state index contributed by atoms with van der Waals surface area (Å²) in [6.45, 7) is 5.35. The number of carbonyl (C=O) groups is 1. The number of carbonyl (C=O) groups excluding carboxylic acids is 1. The summed E-state index contributed by atoms with van der Waals surface area (Å²) in [4.78, 5) is 11.8. The van der Waals surface area contributed by atoms with E-state index >= 15 is 0 Å². The molecule has 0 aliphatic carbocycles. The zero-order valence-electron chi connectivity index (χ0n) is 9.69. The fourth-order valence-corrected chi connectivity index (χ4v) is 1.74. The van der Waals surface area contributed by atoms with Gasteiger partial charge in [-0.15, -0.1) is 0 Å². The van der Waals surface area contributed by atoms with Crippen LogP contribution in [0.25, 0.3) is 0 Å². The molecule has 1 amide bonds. The summed E-state index contributed by atoms with van der Waals surface area (Å²) in [5, 5.41) is 2.97. The summed E-state index contributed by atoms with van der Waals surface area (Å²) in [6.07, 6.45) is 0. The normalized spacial score (nSPS) is 15.9. The Morgan fingerprint density at radius 3 is 2.62 bits per heavy atom. The number of anilines is 1. The molecule has 0 saturated carbocycles. The molecule has 3 nitrogen and oxygen atoms in total. The van der Waals surface area contributed by atoms with Gasteiger partial charge < -0.3 is 10.1 Å². The number of rotatable bonds is 3. The Labute approximate surface area is 95.8 Å². The van der Waals surface area contributed by atoms with Crippen LogP contribution in [-0.2, 0) is 9.53 Å². The summed E-state index contributed by atoms with van der Waals surface area (Å²) >= 11 is 0. The molecular formula is C13H17NO2. The van der Waals surface area contributed by atoms with Crippen LogP contribution in [0.4, 0.5) is 5.69 Å². The van der Waals surface area contributed by atoms with Crippen molar-refractivity contribution >= 4 is 11.6 Å². The molecule has 0 atom stereocenters. The highest BCUT2D eigenvalue weighted by Gasteiger charge is 2.26. The van der Waals surface area contributed by atoms with E-state index in [1.54, 1.807) is 0 Å². The smallest absolute Gasteiger partial charge is 0.232 e. The minimum absolute atomic E-state index is 0.0280. The highest BCUT2D eigenvalue weighted by molar-refractivity contribution is 5.93. The van der Waals surface area contributed by atoms with Crippen LogP contribution in [0.3, 0.4) is 0 Å². The van der Waals surface area contributed by atoms with E-state index in [1.165, 1.54) is 5.56 Å². The number of nitrogens with one attached hydrogen (secondary N) is 1. The van der Waals surface area contributed by atoms with Crippen molar-refractivity contribution in [2.75, 3.05) is 18.5 Å².